The topological polar surface area (TPSA) is 162 Å². The zero-order valence-electron chi connectivity index (χ0n) is 18.2. The SMILES string of the molecule is Cc1cc(=O)oc2cc(NC(=O)[C@H](CCCN=C(N)N)NC(=O)OC(C)(C)C)ccc12. The monoisotopic (exact) mass is 431 g/mol. The fraction of sp³-hybridized carbons (Fsp3) is 0.429. The molecule has 1 aromatic heterocycles. The second-order valence-corrected chi connectivity index (χ2v) is 8.10. The van der Waals surface area contributed by atoms with Gasteiger partial charge in [-0.15, -0.1) is 0 Å². The Morgan fingerprint density at radius 2 is 1.94 bits per heavy atom. The number of anilines is 1. The Balaban J connectivity index is 2.16. The van der Waals surface area contributed by atoms with Gasteiger partial charge in [-0.25, -0.2) is 9.59 Å². The number of hydrogen-bond donors (Lipinski definition) is 4. The van der Waals surface area contributed by atoms with Crippen LogP contribution in [0, 0.1) is 6.92 Å². The number of nitrogens with zero attached hydrogens (tertiary/aromatic N) is 1. The minimum Gasteiger partial charge on any atom is -0.444 e. The summed E-state index contributed by atoms with van der Waals surface area (Å²) in [5.74, 6) is -0.501. The van der Waals surface area contributed by atoms with Crippen LogP contribution in [0.2, 0.25) is 0 Å². The first-order valence-corrected chi connectivity index (χ1v) is 9.85. The molecule has 1 aromatic carbocycles. The van der Waals surface area contributed by atoms with E-state index in [1.165, 1.54) is 6.07 Å². The molecular weight excluding hydrogens is 402 g/mol. The maximum Gasteiger partial charge on any atom is 0.408 e. The van der Waals surface area contributed by atoms with Crippen molar-refractivity contribution in [3.8, 4) is 0 Å². The minimum absolute atomic E-state index is 0.0472. The van der Waals surface area contributed by atoms with Crippen molar-refractivity contribution < 1.29 is 18.7 Å². The number of carbonyl (C=O) groups is 2. The molecule has 168 valence electrons. The van der Waals surface area contributed by atoms with Crippen LogP contribution in [0.3, 0.4) is 0 Å². The van der Waals surface area contributed by atoms with Crippen LogP contribution in [0.5, 0.6) is 0 Å². The lowest BCUT2D eigenvalue weighted by atomic mass is 10.1. The van der Waals surface area contributed by atoms with Crippen molar-refractivity contribution >= 4 is 34.6 Å². The molecule has 0 saturated carbocycles. The Morgan fingerprint density at radius 3 is 2.58 bits per heavy atom. The number of guanidine groups is 1. The molecule has 0 unspecified atom stereocenters. The molecule has 2 amide bonds. The van der Waals surface area contributed by atoms with E-state index in [-0.39, 0.29) is 12.4 Å². The first kappa shape index (κ1) is 23.7. The highest BCUT2D eigenvalue weighted by molar-refractivity contribution is 5.98. The molecule has 2 rings (SSSR count). The number of nitrogens with two attached hydrogens (primary N) is 2. The van der Waals surface area contributed by atoms with E-state index in [0.717, 1.165) is 10.9 Å². The van der Waals surface area contributed by atoms with Crippen molar-refractivity contribution in [2.75, 3.05) is 11.9 Å². The average Bonchev–Trinajstić information content (AvgIpc) is 2.62. The van der Waals surface area contributed by atoms with E-state index in [1.54, 1.807) is 45.9 Å². The molecule has 0 bridgehead atoms. The number of amides is 2. The number of nitrogens with one attached hydrogen (secondary N) is 2. The molecule has 1 atom stereocenters. The van der Waals surface area contributed by atoms with Crippen molar-refractivity contribution in [2.45, 2.75) is 52.2 Å². The van der Waals surface area contributed by atoms with Gasteiger partial charge < -0.3 is 31.3 Å². The quantitative estimate of drug-likeness (QED) is 0.225. The Hall–Kier alpha value is -3.56. The first-order chi connectivity index (χ1) is 14.4. The summed E-state index contributed by atoms with van der Waals surface area (Å²) in [6, 6.07) is 5.52. The third-order valence-electron chi connectivity index (χ3n) is 4.17. The van der Waals surface area contributed by atoms with Crippen molar-refractivity contribution in [2.24, 2.45) is 16.5 Å². The molecular formula is C21H29N5O5. The van der Waals surface area contributed by atoms with Crippen molar-refractivity contribution in [1.29, 1.82) is 0 Å². The van der Waals surface area contributed by atoms with Gasteiger partial charge in [-0.1, -0.05) is 0 Å². The van der Waals surface area contributed by atoms with Crippen molar-refractivity contribution in [3.63, 3.8) is 0 Å². The second kappa shape index (κ2) is 9.96. The van der Waals surface area contributed by atoms with E-state index in [2.05, 4.69) is 15.6 Å². The molecule has 10 heteroatoms. The average molecular weight is 431 g/mol. The first-order valence-electron chi connectivity index (χ1n) is 9.85. The predicted molar refractivity (Wildman–Crippen MR) is 119 cm³/mol. The summed E-state index contributed by atoms with van der Waals surface area (Å²) in [4.78, 5) is 40.6. The lowest BCUT2D eigenvalue weighted by Crippen LogP contribution is -2.45. The number of aliphatic imine (C=N–C) groups is 1. The molecule has 0 aliphatic heterocycles. The standard InChI is InChI=1S/C21H29N5O5/c1-12-10-17(27)30-16-11-13(7-8-14(12)16)25-18(28)15(6-5-9-24-19(22)23)26-20(29)31-21(2,3)4/h7-8,10-11,15H,5-6,9H2,1-4H3,(H,25,28)(H,26,29)(H4,22,23,24)/t15-/m0/s1. The number of fused-ring (bicyclic) bond motifs is 1. The summed E-state index contributed by atoms with van der Waals surface area (Å²) >= 11 is 0. The zero-order chi connectivity index (χ0) is 23.2. The molecule has 10 nitrogen and oxygen atoms in total. The van der Waals surface area contributed by atoms with E-state index in [1.807, 2.05) is 0 Å². The lowest BCUT2D eigenvalue weighted by molar-refractivity contribution is -0.118. The number of hydrogen-bond acceptors (Lipinski definition) is 6. The van der Waals surface area contributed by atoms with Gasteiger partial charge >= 0.3 is 11.7 Å². The number of ether oxygens (including phenoxy) is 1. The number of benzene rings is 1. The summed E-state index contributed by atoms with van der Waals surface area (Å²) in [7, 11) is 0. The molecule has 31 heavy (non-hydrogen) atoms. The van der Waals surface area contributed by atoms with Crippen molar-refractivity contribution in [3.05, 3.63) is 40.2 Å². The summed E-state index contributed by atoms with van der Waals surface area (Å²) in [6.07, 6.45) is 0.0240. The molecule has 2 aromatic rings. The van der Waals surface area contributed by atoms with E-state index >= 15 is 0 Å². The Kier molecular flexibility index (Phi) is 7.62. The Bertz CT molecular complexity index is 1030. The maximum absolute atomic E-state index is 12.9. The highest BCUT2D eigenvalue weighted by Crippen LogP contribution is 2.21. The number of alkyl carbamates (subject to hydrolysis) is 1. The fourth-order valence-electron chi connectivity index (χ4n) is 2.85. The van der Waals surface area contributed by atoms with Gasteiger partial charge in [0.15, 0.2) is 5.96 Å². The third-order valence-corrected chi connectivity index (χ3v) is 4.17. The molecule has 0 aliphatic carbocycles. The van der Waals surface area contributed by atoms with E-state index in [0.29, 0.717) is 24.2 Å². The Morgan fingerprint density at radius 1 is 1.23 bits per heavy atom. The zero-order valence-corrected chi connectivity index (χ0v) is 18.2. The van der Waals surface area contributed by atoms with Gasteiger partial charge in [-0.05, 0) is 58.2 Å². The van der Waals surface area contributed by atoms with Gasteiger partial charge in [0.2, 0.25) is 5.91 Å². The van der Waals surface area contributed by atoms with Crippen molar-refractivity contribution in [1.82, 2.24) is 5.32 Å². The van der Waals surface area contributed by atoms with Gasteiger partial charge in [0.05, 0.1) is 0 Å². The number of rotatable bonds is 7. The highest BCUT2D eigenvalue weighted by atomic mass is 16.6. The number of aryl methyl sites for hydroxylation is 1. The van der Waals surface area contributed by atoms with Gasteiger partial charge in [0, 0.05) is 29.8 Å². The van der Waals surface area contributed by atoms with Crippen LogP contribution in [0.4, 0.5) is 10.5 Å². The highest BCUT2D eigenvalue weighted by Gasteiger charge is 2.24. The van der Waals surface area contributed by atoms with Crippen LogP contribution in [0.25, 0.3) is 11.0 Å². The van der Waals surface area contributed by atoms with Gasteiger partial charge in [-0.2, -0.15) is 0 Å². The molecule has 0 fully saturated rings. The minimum atomic E-state index is -0.885. The van der Waals surface area contributed by atoms with Crippen LogP contribution >= 0.6 is 0 Å². The predicted octanol–water partition coefficient (Wildman–Crippen LogP) is 1.99. The van der Waals surface area contributed by atoms with Crippen LogP contribution < -0.4 is 27.7 Å². The van der Waals surface area contributed by atoms with E-state index < -0.39 is 29.3 Å². The van der Waals surface area contributed by atoms with Gasteiger partial charge in [-0.3, -0.25) is 9.79 Å². The summed E-state index contributed by atoms with van der Waals surface area (Å²) in [5.41, 5.74) is 11.0. The third kappa shape index (κ3) is 7.65. The largest absolute Gasteiger partial charge is 0.444 e. The summed E-state index contributed by atoms with van der Waals surface area (Å²) < 4.78 is 10.5. The summed E-state index contributed by atoms with van der Waals surface area (Å²) in [6.45, 7) is 7.29. The second-order valence-electron chi connectivity index (χ2n) is 8.10. The molecule has 6 N–H and O–H groups in total. The van der Waals surface area contributed by atoms with Crippen LogP contribution in [0.1, 0.15) is 39.2 Å². The molecule has 0 radical (unpaired) electrons. The maximum atomic E-state index is 12.9. The van der Waals surface area contributed by atoms with Gasteiger partial charge in [0.25, 0.3) is 0 Å². The lowest BCUT2D eigenvalue weighted by Gasteiger charge is -2.23. The number of carbonyl (C=O) groups excluding carboxylic acids is 2. The van der Waals surface area contributed by atoms with Crippen LogP contribution in [0.15, 0.2) is 38.5 Å². The van der Waals surface area contributed by atoms with Gasteiger partial charge in [0.1, 0.15) is 17.2 Å². The normalized spacial score (nSPS) is 12.1. The molecule has 0 spiro atoms. The van der Waals surface area contributed by atoms with E-state index in [9.17, 15) is 14.4 Å². The smallest absolute Gasteiger partial charge is 0.408 e. The van der Waals surface area contributed by atoms with E-state index in [4.69, 9.17) is 20.6 Å². The summed E-state index contributed by atoms with van der Waals surface area (Å²) in [5, 5.41) is 6.08. The van der Waals surface area contributed by atoms with Crippen LogP contribution in [-0.4, -0.2) is 36.1 Å². The molecule has 0 aliphatic rings. The molecule has 0 saturated heterocycles. The fourth-order valence-corrected chi connectivity index (χ4v) is 2.85. The Labute approximate surface area is 180 Å². The molecule has 1 heterocycles. The van der Waals surface area contributed by atoms with Crippen LogP contribution in [-0.2, 0) is 9.53 Å².